The third-order valence-corrected chi connectivity index (χ3v) is 7.43. The normalized spacial score (nSPS) is 30.2. The molecular formula is C17H29N2O7P. The summed E-state index contributed by atoms with van der Waals surface area (Å²) in [6.45, 7) is 6.73. The first kappa shape index (κ1) is 22.0. The summed E-state index contributed by atoms with van der Waals surface area (Å²) >= 11 is 0. The highest BCUT2D eigenvalue weighted by Gasteiger charge is 2.46. The molecule has 0 aromatic carbocycles. The first-order valence-electron chi connectivity index (χ1n) is 9.11. The Labute approximate surface area is 157 Å². The molecular weight excluding hydrogens is 375 g/mol. The van der Waals surface area contributed by atoms with Crippen LogP contribution in [0.2, 0.25) is 0 Å². The molecule has 0 radical (unpaired) electrons. The second kappa shape index (κ2) is 8.01. The van der Waals surface area contributed by atoms with Crippen molar-refractivity contribution in [2.45, 2.75) is 76.5 Å². The highest BCUT2D eigenvalue weighted by atomic mass is 31.2. The number of aliphatic hydroxyl groups is 2. The Morgan fingerprint density at radius 2 is 2.00 bits per heavy atom. The first-order valence-corrected chi connectivity index (χ1v) is 10.8. The van der Waals surface area contributed by atoms with E-state index in [1.165, 1.54) is 16.8 Å². The molecule has 10 heteroatoms. The molecule has 1 aromatic heterocycles. The fraction of sp³-hybridized carbons (Fsp3) is 0.765. The van der Waals surface area contributed by atoms with Crippen LogP contribution in [0.4, 0.5) is 0 Å². The number of nitrogens with zero attached hydrogens (tertiary/aromatic N) is 1. The second-order valence-corrected chi connectivity index (χ2v) is 10.2. The number of aromatic nitrogens is 2. The van der Waals surface area contributed by atoms with Gasteiger partial charge in [0.1, 0.15) is 6.10 Å². The summed E-state index contributed by atoms with van der Waals surface area (Å²) in [6, 6.07) is 0.471. The third-order valence-electron chi connectivity index (χ3n) is 5.43. The lowest BCUT2D eigenvalue weighted by Gasteiger charge is -2.35. The van der Waals surface area contributed by atoms with Gasteiger partial charge in [-0.15, -0.1) is 0 Å². The largest absolute Gasteiger partial charge is 0.390 e. The Hall–Kier alpha value is -1.25. The van der Waals surface area contributed by atoms with Gasteiger partial charge in [0.25, 0.3) is 5.56 Å². The van der Waals surface area contributed by atoms with Crippen LogP contribution in [-0.4, -0.2) is 48.1 Å². The second-order valence-electron chi connectivity index (χ2n) is 7.82. The van der Waals surface area contributed by atoms with Crippen molar-refractivity contribution >= 4 is 7.60 Å². The van der Waals surface area contributed by atoms with Crippen LogP contribution < -0.4 is 11.2 Å². The number of rotatable bonds is 7. The molecule has 2 rings (SSSR count). The molecule has 1 saturated carbocycles. The molecule has 1 aromatic rings. The monoisotopic (exact) mass is 404 g/mol. The SMILES string of the molecule is CCC(C)(CC1CC(n2ccc(=O)[nH]c2=O)C(O)C1O)OP(=O)(O)C(C)C. The summed E-state index contributed by atoms with van der Waals surface area (Å²) in [6.07, 6.45) is -0.0861. The van der Waals surface area contributed by atoms with E-state index in [9.17, 15) is 29.3 Å². The van der Waals surface area contributed by atoms with Gasteiger partial charge in [0.15, 0.2) is 0 Å². The molecule has 0 aliphatic heterocycles. The molecule has 0 spiro atoms. The molecule has 1 aliphatic rings. The summed E-state index contributed by atoms with van der Waals surface area (Å²) in [7, 11) is -3.82. The van der Waals surface area contributed by atoms with E-state index in [-0.39, 0.29) is 12.8 Å². The van der Waals surface area contributed by atoms with Crippen molar-refractivity contribution in [2.75, 3.05) is 0 Å². The van der Waals surface area contributed by atoms with Crippen molar-refractivity contribution in [1.29, 1.82) is 0 Å². The van der Waals surface area contributed by atoms with E-state index < -0.39 is 54.3 Å². The fourth-order valence-electron chi connectivity index (χ4n) is 3.49. The maximum atomic E-state index is 12.3. The predicted octanol–water partition coefficient (Wildman–Crippen LogP) is 0.989. The third kappa shape index (κ3) is 4.78. The molecule has 0 bridgehead atoms. The summed E-state index contributed by atoms with van der Waals surface area (Å²) < 4.78 is 19.1. The van der Waals surface area contributed by atoms with Crippen LogP contribution in [0.3, 0.4) is 0 Å². The molecule has 1 heterocycles. The van der Waals surface area contributed by atoms with Gasteiger partial charge in [0.05, 0.1) is 23.4 Å². The molecule has 1 aliphatic carbocycles. The number of nitrogens with one attached hydrogen (secondary N) is 1. The lowest BCUT2D eigenvalue weighted by atomic mass is 9.87. The van der Waals surface area contributed by atoms with Crippen molar-refractivity contribution in [3.8, 4) is 0 Å². The average Bonchev–Trinajstić information content (AvgIpc) is 2.82. The molecule has 0 amide bonds. The number of aromatic amines is 1. The summed E-state index contributed by atoms with van der Waals surface area (Å²) in [5.41, 5.74) is -2.73. The highest BCUT2D eigenvalue weighted by molar-refractivity contribution is 7.53. The molecule has 0 saturated heterocycles. The Morgan fingerprint density at radius 3 is 2.52 bits per heavy atom. The fourth-order valence-corrected chi connectivity index (χ4v) is 4.53. The highest BCUT2D eigenvalue weighted by Crippen LogP contribution is 2.53. The average molecular weight is 404 g/mol. The van der Waals surface area contributed by atoms with Gasteiger partial charge >= 0.3 is 13.3 Å². The number of hydrogen-bond donors (Lipinski definition) is 4. The predicted molar refractivity (Wildman–Crippen MR) is 99.8 cm³/mol. The van der Waals surface area contributed by atoms with Crippen LogP contribution in [0.5, 0.6) is 0 Å². The minimum absolute atomic E-state index is 0.244. The van der Waals surface area contributed by atoms with Crippen molar-refractivity contribution in [1.82, 2.24) is 9.55 Å². The zero-order valence-electron chi connectivity index (χ0n) is 16.0. The van der Waals surface area contributed by atoms with Gasteiger partial charge in [-0.3, -0.25) is 18.9 Å². The Balaban J connectivity index is 2.22. The van der Waals surface area contributed by atoms with Gasteiger partial charge in [0, 0.05) is 12.3 Å². The van der Waals surface area contributed by atoms with E-state index in [1.54, 1.807) is 20.8 Å². The number of hydrogen-bond acceptors (Lipinski definition) is 6. The lowest BCUT2D eigenvalue weighted by Crippen LogP contribution is -2.37. The first-order chi connectivity index (χ1) is 12.4. The van der Waals surface area contributed by atoms with Crippen LogP contribution in [-0.2, 0) is 9.09 Å². The summed E-state index contributed by atoms with van der Waals surface area (Å²) in [4.78, 5) is 35.5. The molecule has 27 heavy (non-hydrogen) atoms. The van der Waals surface area contributed by atoms with Gasteiger partial charge in [-0.2, -0.15) is 0 Å². The van der Waals surface area contributed by atoms with E-state index in [0.717, 1.165) is 0 Å². The van der Waals surface area contributed by atoms with Gasteiger partial charge in [-0.25, -0.2) is 4.79 Å². The molecule has 154 valence electrons. The van der Waals surface area contributed by atoms with Crippen molar-refractivity contribution in [3.05, 3.63) is 33.1 Å². The number of aliphatic hydroxyl groups excluding tert-OH is 2. The Morgan fingerprint density at radius 1 is 1.37 bits per heavy atom. The maximum absolute atomic E-state index is 12.3. The van der Waals surface area contributed by atoms with E-state index in [2.05, 4.69) is 4.98 Å². The lowest BCUT2D eigenvalue weighted by molar-refractivity contribution is -0.0197. The van der Waals surface area contributed by atoms with Gasteiger partial charge in [-0.1, -0.05) is 20.8 Å². The summed E-state index contributed by atoms with van der Waals surface area (Å²) in [5, 5.41) is 20.9. The van der Waals surface area contributed by atoms with Crippen LogP contribution in [0.25, 0.3) is 0 Å². The zero-order valence-corrected chi connectivity index (χ0v) is 16.9. The molecule has 6 unspecified atom stereocenters. The van der Waals surface area contributed by atoms with Gasteiger partial charge in [0.2, 0.25) is 0 Å². The van der Waals surface area contributed by atoms with E-state index in [1.807, 2.05) is 6.92 Å². The topological polar surface area (TPSA) is 142 Å². The van der Waals surface area contributed by atoms with Gasteiger partial charge < -0.3 is 19.6 Å². The summed E-state index contributed by atoms with van der Waals surface area (Å²) in [5.74, 6) is -0.444. The minimum atomic E-state index is -3.82. The van der Waals surface area contributed by atoms with Crippen LogP contribution >= 0.6 is 7.60 Å². The minimum Gasteiger partial charge on any atom is -0.390 e. The zero-order chi connectivity index (χ0) is 20.6. The van der Waals surface area contributed by atoms with Crippen LogP contribution in [0.15, 0.2) is 21.9 Å². The molecule has 4 N–H and O–H groups in total. The number of H-pyrrole nitrogens is 1. The van der Waals surface area contributed by atoms with Gasteiger partial charge in [-0.05, 0) is 32.1 Å². The molecule has 1 fully saturated rings. The Kier molecular flexibility index (Phi) is 6.54. The van der Waals surface area contributed by atoms with Crippen LogP contribution in [0, 0.1) is 5.92 Å². The maximum Gasteiger partial charge on any atom is 0.331 e. The quantitative estimate of drug-likeness (QED) is 0.497. The van der Waals surface area contributed by atoms with Crippen LogP contribution in [0.1, 0.15) is 53.0 Å². The van der Waals surface area contributed by atoms with E-state index in [0.29, 0.717) is 6.42 Å². The Bertz CT molecular complexity index is 820. The van der Waals surface area contributed by atoms with Crippen molar-refractivity contribution in [3.63, 3.8) is 0 Å². The van der Waals surface area contributed by atoms with Crippen molar-refractivity contribution < 1.29 is 24.2 Å². The molecule has 9 nitrogen and oxygen atoms in total. The standard InChI is InChI=1S/C17H29N2O7P/c1-5-17(4,26-27(24,25)10(2)3)9-11-8-12(15(22)14(11)21)19-7-6-13(20)18-16(19)23/h6-7,10-12,14-15,21-22H,5,8-9H2,1-4H3,(H,24,25)(H,18,20,23). The molecule has 6 atom stereocenters. The smallest absolute Gasteiger partial charge is 0.331 e. The van der Waals surface area contributed by atoms with E-state index >= 15 is 0 Å². The van der Waals surface area contributed by atoms with Crippen molar-refractivity contribution in [2.24, 2.45) is 5.92 Å². The van der Waals surface area contributed by atoms with E-state index in [4.69, 9.17) is 4.52 Å².